The summed E-state index contributed by atoms with van der Waals surface area (Å²) in [4.78, 5) is 0. The van der Waals surface area contributed by atoms with E-state index in [2.05, 4.69) is 26.3 Å². The first kappa shape index (κ1) is 19.9. The molecule has 0 saturated carbocycles. The highest BCUT2D eigenvalue weighted by Crippen LogP contribution is 2.16. The van der Waals surface area contributed by atoms with Crippen LogP contribution in [0.4, 0.5) is 11.6 Å². The zero-order valence-electron chi connectivity index (χ0n) is 15.5. The molecule has 1 atom stereocenters. The van der Waals surface area contributed by atoms with Crippen molar-refractivity contribution in [2.75, 3.05) is 30.4 Å². The lowest BCUT2D eigenvalue weighted by Crippen LogP contribution is -2.49. The predicted octanol–water partition coefficient (Wildman–Crippen LogP) is 1.29. The van der Waals surface area contributed by atoms with Crippen molar-refractivity contribution < 1.29 is 9.84 Å². The van der Waals surface area contributed by atoms with E-state index in [1.807, 2.05) is 45.0 Å². The second kappa shape index (κ2) is 9.33. The van der Waals surface area contributed by atoms with Crippen LogP contribution in [-0.4, -0.2) is 46.6 Å². The Kier molecular flexibility index (Phi) is 7.14. The van der Waals surface area contributed by atoms with Crippen molar-refractivity contribution in [3.8, 4) is 5.75 Å². The molecule has 2 rings (SSSR count). The number of aromatic nitrogens is 2. The number of para-hydroxylation sites is 1. The van der Waals surface area contributed by atoms with E-state index in [4.69, 9.17) is 10.6 Å². The van der Waals surface area contributed by atoms with Gasteiger partial charge in [0, 0.05) is 18.6 Å². The fourth-order valence-electron chi connectivity index (χ4n) is 2.23. The van der Waals surface area contributed by atoms with E-state index < -0.39 is 6.10 Å². The molecule has 2 aromatic rings. The summed E-state index contributed by atoms with van der Waals surface area (Å²) in [6, 6.07) is 11.3. The molecule has 26 heavy (non-hydrogen) atoms. The number of aliphatic hydroxyl groups is 1. The molecule has 0 aliphatic heterocycles. The van der Waals surface area contributed by atoms with Crippen LogP contribution >= 0.6 is 0 Å². The lowest BCUT2D eigenvalue weighted by molar-refractivity contribution is 0.0993. The second-order valence-corrected chi connectivity index (χ2v) is 6.80. The standard InChI is InChI=1S/C18H28N6O2/c1-13-6-4-5-7-15(13)26-11-14(25)10-21-18(2,3)12-20-16-8-9-17(22-19)24-23-16/h4-9,14,21,25H,10-12,19H2,1-3H3,(H,20,23)(H,22,24). The predicted molar refractivity (Wildman–Crippen MR) is 103 cm³/mol. The first-order valence-corrected chi connectivity index (χ1v) is 8.55. The van der Waals surface area contributed by atoms with E-state index >= 15 is 0 Å². The molecule has 0 amide bonds. The lowest BCUT2D eigenvalue weighted by atomic mass is 10.1. The van der Waals surface area contributed by atoms with Gasteiger partial charge in [0.15, 0.2) is 5.82 Å². The normalized spacial score (nSPS) is 12.5. The fraction of sp³-hybridized carbons (Fsp3) is 0.444. The number of hydrogen-bond acceptors (Lipinski definition) is 8. The molecule has 1 aromatic carbocycles. The molecule has 0 aliphatic rings. The summed E-state index contributed by atoms with van der Waals surface area (Å²) in [5.41, 5.74) is 3.23. The molecule has 0 bridgehead atoms. The Morgan fingerprint density at radius 1 is 1.15 bits per heavy atom. The number of rotatable bonds is 10. The average Bonchev–Trinajstić information content (AvgIpc) is 2.65. The number of aryl methyl sites for hydroxylation is 1. The number of anilines is 2. The summed E-state index contributed by atoms with van der Waals surface area (Å²) in [6.07, 6.45) is -0.608. The zero-order valence-corrected chi connectivity index (χ0v) is 15.5. The van der Waals surface area contributed by atoms with Crippen molar-refractivity contribution in [1.82, 2.24) is 15.5 Å². The van der Waals surface area contributed by atoms with Gasteiger partial charge in [-0.05, 0) is 44.5 Å². The van der Waals surface area contributed by atoms with Crippen molar-refractivity contribution in [3.63, 3.8) is 0 Å². The van der Waals surface area contributed by atoms with E-state index in [1.54, 1.807) is 12.1 Å². The highest BCUT2D eigenvalue weighted by atomic mass is 16.5. The number of nitrogen functional groups attached to an aromatic ring is 1. The van der Waals surface area contributed by atoms with Crippen LogP contribution in [0.3, 0.4) is 0 Å². The molecule has 1 aromatic heterocycles. The van der Waals surface area contributed by atoms with Crippen molar-refractivity contribution in [3.05, 3.63) is 42.0 Å². The highest BCUT2D eigenvalue weighted by Gasteiger charge is 2.19. The van der Waals surface area contributed by atoms with Crippen molar-refractivity contribution >= 4 is 11.6 Å². The van der Waals surface area contributed by atoms with Gasteiger partial charge in [-0.3, -0.25) is 0 Å². The number of ether oxygens (including phenoxy) is 1. The van der Waals surface area contributed by atoms with Gasteiger partial charge in [0.05, 0.1) is 0 Å². The number of nitrogens with two attached hydrogens (primary N) is 1. The Labute approximate surface area is 154 Å². The molecular formula is C18H28N6O2. The molecule has 142 valence electrons. The van der Waals surface area contributed by atoms with Crippen LogP contribution in [0.25, 0.3) is 0 Å². The Morgan fingerprint density at radius 3 is 2.50 bits per heavy atom. The topological polar surface area (TPSA) is 117 Å². The Balaban J connectivity index is 1.72. The number of benzene rings is 1. The Hall–Kier alpha value is -2.42. The number of hydrogen-bond donors (Lipinski definition) is 5. The van der Waals surface area contributed by atoms with Crippen molar-refractivity contribution in [2.45, 2.75) is 32.4 Å². The first-order chi connectivity index (χ1) is 12.4. The maximum Gasteiger partial charge on any atom is 0.162 e. The molecule has 0 fully saturated rings. The molecule has 1 heterocycles. The maximum atomic E-state index is 10.2. The third kappa shape index (κ3) is 6.47. The molecule has 0 saturated heterocycles. The third-order valence-electron chi connectivity index (χ3n) is 3.86. The average molecular weight is 360 g/mol. The Bertz CT molecular complexity index is 678. The summed E-state index contributed by atoms with van der Waals surface area (Å²) in [6.45, 7) is 7.33. The van der Waals surface area contributed by atoms with Crippen LogP contribution in [-0.2, 0) is 0 Å². The smallest absolute Gasteiger partial charge is 0.162 e. The minimum atomic E-state index is -0.608. The van der Waals surface area contributed by atoms with E-state index in [0.29, 0.717) is 24.7 Å². The van der Waals surface area contributed by atoms with Crippen LogP contribution in [0.2, 0.25) is 0 Å². The summed E-state index contributed by atoms with van der Waals surface area (Å²) >= 11 is 0. The lowest BCUT2D eigenvalue weighted by Gasteiger charge is -2.28. The first-order valence-electron chi connectivity index (χ1n) is 8.55. The maximum absolute atomic E-state index is 10.2. The van der Waals surface area contributed by atoms with Crippen LogP contribution in [0, 0.1) is 6.92 Å². The van der Waals surface area contributed by atoms with E-state index in [0.717, 1.165) is 11.3 Å². The number of β-amino-alcohol motifs (C(OH)–C–C–N with tert-alkyl or cyclic N) is 1. The monoisotopic (exact) mass is 360 g/mol. The summed E-state index contributed by atoms with van der Waals surface area (Å²) in [7, 11) is 0. The van der Waals surface area contributed by atoms with Gasteiger partial charge in [-0.1, -0.05) is 18.2 Å². The molecule has 8 heteroatoms. The van der Waals surface area contributed by atoms with Gasteiger partial charge in [0.25, 0.3) is 0 Å². The molecule has 1 unspecified atom stereocenters. The fourth-order valence-corrected chi connectivity index (χ4v) is 2.23. The summed E-state index contributed by atoms with van der Waals surface area (Å²) < 4.78 is 5.67. The van der Waals surface area contributed by atoms with Crippen LogP contribution in [0.15, 0.2) is 36.4 Å². The quantitative estimate of drug-likeness (QED) is 0.318. The van der Waals surface area contributed by atoms with Crippen molar-refractivity contribution in [2.24, 2.45) is 5.84 Å². The molecule has 0 radical (unpaired) electrons. The van der Waals surface area contributed by atoms with Crippen LogP contribution in [0.5, 0.6) is 5.75 Å². The van der Waals surface area contributed by atoms with Gasteiger partial charge in [0.1, 0.15) is 24.3 Å². The van der Waals surface area contributed by atoms with Crippen LogP contribution in [0.1, 0.15) is 19.4 Å². The van der Waals surface area contributed by atoms with Gasteiger partial charge in [0.2, 0.25) is 0 Å². The largest absolute Gasteiger partial charge is 0.491 e. The SMILES string of the molecule is Cc1ccccc1OCC(O)CNC(C)(C)CNc1ccc(NN)nn1. The van der Waals surface area contributed by atoms with Crippen molar-refractivity contribution in [1.29, 1.82) is 0 Å². The second-order valence-electron chi connectivity index (χ2n) is 6.80. The van der Waals surface area contributed by atoms with Gasteiger partial charge >= 0.3 is 0 Å². The molecule has 0 spiro atoms. The van der Waals surface area contributed by atoms with Gasteiger partial charge in [-0.15, -0.1) is 10.2 Å². The number of nitrogens with zero attached hydrogens (tertiary/aromatic N) is 2. The summed E-state index contributed by atoms with van der Waals surface area (Å²) in [5, 5.41) is 24.6. The highest BCUT2D eigenvalue weighted by molar-refractivity contribution is 5.40. The number of nitrogens with one attached hydrogen (secondary N) is 3. The minimum absolute atomic E-state index is 0.236. The van der Waals surface area contributed by atoms with Gasteiger partial charge < -0.3 is 25.9 Å². The summed E-state index contributed by atoms with van der Waals surface area (Å²) in [5.74, 6) is 7.22. The number of hydrazine groups is 1. The molecule has 6 N–H and O–H groups in total. The minimum Gasteiger partial charge on any atom is -0.491 e. The van der Waals surface area contributed by atoms with Gasteiger partial charge in [-0.2, -0.15) is 0 Å². The zero-order chi connectivity index (χ0) is 19.0. The van der Waals surface area contributed by atoms with Crippen LogP contribution < -0.4 is 26.6 Å². The third-order valence-corrected chi connectivity index (χ3v) is 3.86. The Morgan fingerprint density at radius 2 is 1.85 bits per heavy atom. The van der Waals surface area contributed by atoms with E-state index in [9.17, 15) is 5.11 Å². The van der Waals surface area contributed by atoms with Gasteiger partial charge in [-0.25, -0.2) is 5.84 Å². The van der Waals surface area contributed by atoms with E-state index in [-0.39, 0.29) is 12.1 Å². The molecule has 0 aliphatic carbocycles. The number of aliphatic hydroxyl groups excluding tert-OH is 1. The molecular weight excluding hydrogens is 332 g/mol. The van der Waals surface area contributed by atoms with E-state index in [1.165, 1.54) is 0 Å². The molecule has 8 nitrogen and oxygen atoms in total.